The molecule has 13 rings (SSSR count). The van der Waals surface area contributed by atoms with Gasteiger partial charge in [0.1, 0.15) is 22.3 Å². The van der Waals surface area contributed by atoms with E-state index in [0.29, 0.717) is 22.5 Å². The molecule has 308 valence electrons. The number of para-hydroxylation sites is 4. The molecule has 0 atom stereocenters. The van der Waals surface area contributed by atoms with E-state index in [0.717, 1.165) is 110 Å². The molecule has 5 nitrogen and oxygen atoms in total. The first-order valence-electron chi connectivity index (χ1n) is 21.3. The Hall–Kier alpha value is -8.54. The SMILES string of the molecule is [C-]#[N+]c1ccc(-n2c3ccccc3c3c4oc5ccccc5c4ccc32)c(-c2ccc(-c3c(C)cccc3C(F)(F)F)cc2-n2c3ccccc3c3c4oc5ccccc5c4ccc32)c1. The van der Waals surface area contributed by atoms with Crippen molar-refractivity contribution in [1.29, 1.82) is 0 Å². The number of aromatic nitrogens is 2. The molecule has 9 aromatic carbocycles. The summed E-state index contributed by atoms with van der Waals surface area (Å²) in [7, 11) is 0. The minimum Gasteiger partial charge on any atom is -0.455 e. The van der Waals surface area contributed by atoms with Crippen LogP contribution in [0, 0.1) is 13.5 Å². The fourth-order valence-electron chi connectivity index (χ4n) is 10.4. The van der Waals surface area contributed by atoms with Gasteiger partial charge in [-0.2, -0.15) is 13.2 Å². The largest absolute Gasteiger partial charge is 0.455 e. The second kappa shape index (κ2) is 13.5. The topological polar surface area (TPSA) is 40.5 Å². The van der Waals surface area contributed by atoms with Gasteiger partial charge in [0.05, 0.1) is 56.3 Å². The zero-order chi connectivity index (χ0) is 43.7. The van der Waals surface area contributed by atoms with Crippen molar-refractivity contribution >= 4 is 93.2 Å². The third-order valence-electron chi connectivity index (χ3n) is 13.1. The third kappa shape index (κ3) is 5.27. The standard InChI is InChI=1S/C57H32F3N3O2/c1-32-12-11-17-43(57(58,59)60)52(32)33-22-24-35(49(30-33)63-45-19-8-4-16-41(45)54-48(63)29-26-39-37-14-6-10-21-51(37)65-56(39)54)42-31-34(61-2)23-27-46(42)62-44-18-7-3-15-40(44)53-47(62)28-25-38-36-13-5-9-20-50(36)64-55(38)53/h3-31H,1H3. The molecule has 0 saturated carbocycles. The molecule has 0 radical (unpaired) electrons. The molecule has 0 fully saturated rings. The third-order valence-corrected chi connectivity index (χ3v) is 13.1. The summed E-state index contributed by atoms with van der Waals surface area (Å²) in [5, 5.41) is 7.79. The van der Waals surface area contributed by atoms with Gasteiger partial charge in [-0.3, -0.25) is 0 Å². The van der Waals surface area contributed by atoms with Crippen LogP contribution in [0.1, 0.15) is 11.1 Å². The van der Waals surface area contributed by atoms with Gasteiger partial charge in [-0.1, -0.05) is 103 Å². The zero-order valence-electron chi connectivity index (χ0n) is 34.5. The van der Waals surface area contributed by atoms with E-state index in [2.05, 4.69) is 62.5 Å². The van der Waals surface area contributed by atoms with Crippen molar-refractivity contribution in [2.45, 2.75) is 13.1 Å². The van der Waals surface area contributed by atoms with Crippen LogP contribution >= 0.6 is 0 Å². The summed E-state index contributed by atoms with van der Waals surface area (Å²) in [5.41, 5.74) is 10.2. The number of halogens is 3. The summed E-state index contributed by atoms with van der Waals surface area (Å²) >= 11 is 0. The minimum absolute atomic E-state index is 0.112. The highest BCUT2D eigenvalue weighted by Crippen LogP contribution is 2.48. The van der Waals surface area contributed by atoms with E-state index >= 15 is 0 Å². The number of alkyl halides is 3. The fraction of sp³-hybridized carbons (Fsp3) is 0.0351. The van der Waals surface area contributed by atoms with Crippen molar-refractivity contribution in [2.75, 3.05) is 0 Å². The summed E-state index contributed by atoms with van der Waals surface area (Å²) in [5.74, 6) is 0. The quantitative estimate of drug-likeness (QED) is 0.166. The van der Waals surface area contributed by atoms with Crippen molar-refractivity contribution in [3.05, 3.63) is 198 Å². The Kier molecular flexibility index (Phi) is 7.68. The number of hydrogen-bond donors (Lipinski definition) is 0. The Balaban J connectivity index is 1.17. The van der Waals surface area contributed by atoms with Crippen LogP contribution in [0.3, 0.4) is 0 Å². The predicted octanol–water partition coefficient (Wildman–Crippen LogP) is 16.9. The smallest absolute Gasteiger partial charge is 0.417 e. The van der Waals surface area contributed by atoms with Gasteiger partial charge >= 0.3 is 6.18 Å². The Labute approximate surface area is 368 Å². The van der Waals surface area contributed by atoms with E-state index in [1.165, 1.54) is 6.07 Å². The van der Waals surface area contributed by atoms with Crippen molar-refractivity contribution < 1.29 is 22.0 Å². The maximum atomic E-state index is 14.9. The second-order valence-electron chi connectivity index (χ2n) is 16.6. The van der Waals surface area contributed by atoms with E-state index in [-0.39, 0.29) is 5.56 Å². The second-order valence-corrected chi connectivity index (χ2v) is 16.6. The van der Waals surface area contributed by atoms with Gasteiger partial charge in [0, 0.05) is 37.9 Å². The number of furan rings is 2. The summed E-state index contributed by atoms with van der Waals surface area (Å²) in [4.78, 5) is 3.91. The molecule has 0 spiro atoms. The lowest BCUT2D eigenvalue weighted by Crippen LogP contribution is -2.08. The number of hydrogen-bond acceptors (Lipinski definition) is 2. The molecule has 0 unspecified atom stereocenters. The van der Waals surface area contributed by atoms with Gasteiger partial charge in [-0.25, -0.2) is 4.85 Å². The van der Waals surface area contributed by atoms with Gasteiger partial charge in [-0.15, -0.1) is 0 Å². The van der Waals surface area contributed by atoms with E-state index in [1.54, 1.807) is 19.1 Å². The number of aryl methyl sites for hydroxylation is 1. The first kappa shape index (κ1) is 37.1. The highest BCUT2D eigenvalue weighted by Gasteiger charge is 2.35. The van der Waals surface area contributed by atoms with Crippen LogP contribution in [0.5, 0.6) is 0 Å². The van der Waals surface area contributed by atoms with Crippen molar-refractivity contribution in [1.82, 2.24) is 9.13 Å². The molecule has 4 aromatic heterocycles. The average Bonchev–Trinajstić information content (AvgIpc) is 4.08. The van der Waals surface area contributed by atoms with Gasteiger partial charge in [0.2, 0.25) is 0 Å². The van der Waals surface area contributed by atoms with Crippen LogP contribution in [-0.4, -0.2) is 9.13 Å². The summed E-state index contributed by atoms with van der Waals surface area (Å²) in [6.07, 6.45) is -4.60. The molecule has 8 heteroatoms. The maximum Gasteiger partial charge on any atom is 0.417 e. The molecule has 0 amide bonds. The fourth-order valence-corrected chi connectivity index (χ4v) is 10.4. The predicted molar refractivity (Wildman–Crippen MR) is 257 cm³/mol. The van der Waals surface area contributed by atoms with E-state index < -0.39 is 11.7 Å². The van der Waals surface area contributed by atoms with Gasteiger partial charge in [-0.05, 0) is 102 Å². The lowest BCUT2D eigenvalue weighted by atomic mass is 9.91. The molecule has 0 bridgehead atoms. The molecular formula is C57H32F3N3O2. The van der Waals surface area contributed by atoms with E-state index in [1.807, 2.05) is 103 Å². The van der Waals surface area contributed by atoms with E-state index in [4.69, 9.17) is 15.4 Å². The zero-order valence-corrected chi connectivity index (χ0v) is 34.5. The summed E-state index contributed by atoms with van der Waals surface area (Å²) in [6.45, 7) is 9.94. The normalized spacial score (nSPS) is 12.3. The van der Waals surface area contributed by atoms with E-state index in [9.17, 15) is 13.2 Å². The van der Waals surface area contributed by atoms with Gasteiger partial charge in [0.25, 0.3) is 0 Å². The minimum atomic E-state index is -4.60. The molecule has 13 aromatic rings. The lowest BCUT2D eigenvalue weighted by molar-refractivity contribution is -0.137. The average molecular weight is 848 g/mol. The molecule has 0 aliphatic rings. The number of rotatable bonds is 4. The maximum absolute atomic E-state index is 14.9. The Bertz CT molecular complexity index is 4210. The summed E-state index contributed by atoms with van der Waals surface area (Å²) < 4.78 is 62.4. The number of nitrogens with zero attached hydrogens (tertiary/aromatic N) is 3. The highest BCUT2D eigenvalue weighted by molar-refractivity contribution is 6.25. The van der Waals surface area contributed by atoms with Crippen LogP contribution in [0.15, 0.2) is 185 Å². The molecule has 65 heavy (non-hydrogen) atoms. The van der Waals surface area contributed by atoms with Crippen LogP contribution in [-0.2, 0) is 6.18 Å². The Morgan fingerprint density at radius 3 is 1.62 bits per heavy atom. The lowest BCUT2D eigenvalue weighted by Gasteiger charge is -2.21. The number of fused-ring (bicyclic) bond motifs is 14. The molecule has 4 heterocycles. The first-order chi connectivity index (χ1) is 31.8. The van der Waals surface area contributed by atoms with Crippen LogP contribution in [0.4, 0.5) is 18.9 Å². The number of benzene rings is 9. The van der Waals surface area contributed by atoms with Crippen molar-refractivity contribution in [2.24, 2.45) is 0 Å². The Morgan fingerprint density at radius 1 is 0.477 bits per heavy atom. The van der Waals surface area contributed by atoms with Gasteiger partial charge in [0.15, 0.2) is 5.69 Å². The van der Waals surface area contributed by atoms with Crippen LogP contribution in [0.2, 0.25) is 0 Å². The monoisotopic (exact) mass is 847 g/mol. The van der Waals surface area contributed by atoms with Crippen molar-refractivity contribution in [3.8, 4) is 33.6 Å². The molecule has 0 aliphatic heterocycles. The first-order valence-corrected chi connectivity index (χ1v) is 21.3. The van der Waals surface area contributed by atoms with Crippen LogP contribution < -0.4 is 0 Å². The van der Waals surface area contributed by atoms with Crippen molar-refractivity contribution in [3.63, 3.8) is 0 Å². The summed E-state index contributed by atoms with van der Waals surface area (Å²) in [6, 6.07) is 56.2. The molecule has 0 N–H and O–H groups in total. The molecule has 0 aliphatic carbocycles. The van der Waals surface area contributed by atoms with Gasteiger partial charge < -0.3 is 18.0 Å². The highest BCUT2D eigenvalue weighted by atomic mass is 19.4. The molecule has 0 saturated heterocycles. The van der Waals surface area contributed by atoms with Crippen LogP contribution in [0.25, 0.3) is 126 Å². The molecular weight excluding hydrogens is 816 g/mol. The Morgan fingerprint density at radius 2 is 1.03 bits per heavy atom.